The van der Waals surface area contributed by atoms with Crippen molar-refractivity contribution in [1.82, 2.24) is 20.2 Å². The second kappa shape index (κ2) is 4.13. The van der Waals surface area contributed by atoms with Crippen LogP contribution >= 0.6 is 0 Å². The molecule has 7 nitrogen and oxygen atoms in total. The standard InChI is InChI=1S/C12H14N6O/c1-18-10(15-16-17-18)8-3-2-4-9(7-8)14-11(19)12(13)5-6-12/h2-4,7H,5-6,13H2,1H3,(H,14,19). The normalized spacial score (nSPS) is 16.1. The molecule has 0 aliphatic heterocycles. The predicted octanol–water partition coefficient (Wildman–Crippen LogP) is 0.307. The summed E-state index contributed by atoms with van der Waals surface area (Å²) in [6.07, 6.45) is 1.48. The molecule has 1 aliphatic rings. The number of amides is 1. The summed E-state index contributed by atoms with van der Waals surface area (Å²) in [5.41, 5.74) is 6.70. The van der Waals surface area contributed by atoms with Crippen LogP contribution in [0.2, 0.25) is 0 Å². The maximum Gasteiger partial charge on any atom is 0.244 e. The molecule has 0 unspecified atom stereocenters. The van der Waals surface area contributed by atoms with E-state index in [0.29, 0.717) is 11.5 Å². The molecule has 1 aromatic heterocycles. The summed E-state index contributed by atoms with van der Waals surface area (Å²) in [5, 5.41) is 14.1. The number of nitrogens with zero attached hydrogens (tertiary/aromatic N) is 4. The number of hydrogen-bond donors (Lipinski definition) is 2. The fraction of sp³-hybridized carbons (Fsp3) is 0.333. The Morgan fingerprint density at radius 3 is 2.89 bits per heavy atom. The van der Waals surface area contributed by atoms with Gasteiger partial charge in [0, 0.05) is 18.3 Å². The SMILES string of the molecule is Cn1nnnc1-c1cccc(NC(=O)C2(N)CC2)c1. The van der Waals surface area contributed by atoms with Crippen LogP contribution in [0.4, 0.5) is 5.69 Å². The van der Waals surface area contributed by atoms with Crippen molar-refractivity contribution in [2.45, 2.75) is 18.4 Å². The third kappa shape index (κ3) is 2.19. The van der Waals surface area contributed by atoms with Crippen molar-refractivity contribution < 1.29 is 4.79 Å². The third-order valence-electron chi connectivity index (χ3n) is 3.24. The first-order chi connectivity index (χ1) is 9.08. The van der Waals surface area contributed by atoms with Crippen LogP contribution in [0, 0.1) is 0 Å². The molecule has 1 aromatic carbocycles. The lowest BCUT2D eigenvalue weighted by molar-refractivity contribution is -0.118. The quantitative estimate of drug-likeness (QED) is 0.825. The molecule has 0 atom stereocenters. The maximum absolute atomic E-state index is 11.9. The molecule has 7 heteroatoms. The lowest BCUT2D eigenvalue weighted by atomic mass is 10.1. The van der Waals surface area contributed by atoms with Crippen LogP contribution in [0.1, 0.15) is 12.8 Å². The molecule has 0 bridgehead atoms. The maximum atomic E-state index is 11.9. The van der Waals surface area contributed by atoms with E-state index >= 15 is 0 Å². The summed E-state index contributed by atoms with van der Waals surface area (Å²) in [6, 6.07) is 7.37. The van der Waals surface area contributed by atoms with Crippen molar-refractivity contribution in [3.05, 3.63) is 24.3 Å². The average molecular weight is 258 g/mol. The van der Waals surface area contributed by atoms with Crippen LogP contribution in [-0.4, -0.2) is 31.7 Å². The number of rotatable bonds is 3. The molecular formula is C12H14N6O. The van der Waals surface area contributed by atoms with Gasteiger partial charge in [0.25, 0.3) is 0 Å². The van der Waals surface area contributed by atoms with E-state index in [0.717, 1.165) is 18.4 Å². The van der Waals surface area contributed by atoms with Gasteiger partial charge in [-0.1, -0.05) is 12.1 Å². The number of aromatic nitrogens is 4. The van der Waals surface area contributed by atoms with Crippen molar-refractivity contribution in [1.29, 1.82) is 0 Å². The number of benzene rings is 1. The number of nitrogens with two attached hydrogens (primary N) is 1. The van der Waals surface area contributed by atoms with E-state index in [1.54, 1.807) is 11.7 Å². The summed E-state index contributed by atoms with van der Waals surface area (Å²) in [4.78, 5) is 11.9. The Bertz CT molecular complexity index is 631. The number of tetrazole rings is 1. The van der Waals surface area contributed by atoms with Gasteiger partial charge in [0.15, 0.2) is 5.82 Å². The molecule has 0 spiro atoms. The first-order valence-electron chi connectivity index (χ1n) is 6.02. The van der Waals surface area contributed by atoms with Crippen molar-refractivity contribution in [2.75, 3.05) is 5.32 Å². The highest BCUT2D eigenvalue weighted by molar-refractivity contribution is 6.00. The smallest absolute Gasteiger partial charge is 0.244 e. The molecule has 1 fully saturated rings. The molecule has 3 N–H and O–H groups in total. The van der Waals surface area contributed by atoms with Crippen LogP contribution in [0.5, 0.6) is 0 Å². The zero-order chi connectivity index (χ0) is 13.5. The first kappa shape index (κ1) is 11.8. The predicted molar refractivity (Wildman–Crippen MR) is 69.0 cm³/mol. The molecule has 0 radical (unpaired) electrons. The van der Waals surface area contributed by atoms with Gasteiger partial charge in [-0.2, -0.15) is 0 Å². The molecular weight excluding hydrogens is 244 g/mol. The number of hydrogen-bond acceptors (Lipinski definition) is 5. The van der Waals surface area contributed by atoms with Gasteiger partial charge in [-0.05, 0) is 35.4 Å². The van der Waals surface area contributed by atoms with Crippen LogP contribution < -0.4 is 11.1 Å². The zero-order valence-corrected chi connectivity index (χ0v) is 10.5. The van der Waals surface area contributed by atoms with Gasteiger partial charge in [-0.25, -0.2) is 4.68 Å². The number of carbonyl (C=O) groups excluding carboxylic acids is 1. The lowest BCUT2D eigenvalue weighted by Crippen LogP contribution is -2.37. The Morgan fingerprint density at radius 2 is 2.26 bits per heavy atom. The Balaban J connectivity index is 1.84. The number of carbonyl (C=O) groups is 1. The Morgan fingerprint density at radius 1 is 1.47 bits per heavy atom. The lowest BCUT2D eigenvalue weighted by Gasteiger charge is -2.10. The molecule has 1 amide bonds. The van der Waals surface area contributed by atoms with E-state index < -0.39 is 5.54 Å². The Hall–Kier alpha value is -2.28. The summed E-state index contributed by atoms with van der Waals surface area (Å²) in [6.45, 7) is 0. The van der Waals surface area contributed by atoms with E-state index in [-0.39, 0.29) is 5.91 Å². The third-order valence-corrected chi connectivity index (χ3v) is 3.24. The number of aryl methyl sites for hydroxylation is 1. The van der Waals surface area contributed by atoms with E-state index in [2.05, 4.69) is 20.8 Å². The van der Waals surface area contributed by atoms with Gasteiger partial charge in [0.05, 0.1) is 5.54 Å². The fourth-order valence-electron chi connectivity index (χ4n) is 1.83. The summed E-state index contributed by atoms with van der Waals surface area (Å²) in [5.74, 6) is 0.505. The molecule has 98 valence electrons. The van der Waals surface area contributed by atoms with Crippen LogP contribution in [0.3, 0.4) is 0 Å². The second-order valence-corrected chi connectivity index (χ2v) is 4.82. The molecule has 1 saturated carbocycles. The Labute approximate surface area is 109 Å². The van der Waals surface area contributed by atoms with E-state index in [9.17, 15) is 4.79 Å². The minimum absolute atomic E-state index is 0.138. The molecule has 0 saturated heterocycles. The van der Waals surface area contributed by atoms with Crippen LogP contribution in [0.15, 0.2) is 24.3 Å². The van der Waals surface area contributed by atoms with Crippen molar-refractivity contribution >= 4 is 11.6 Å². The summed E-state index contributed by atoms with van der Waals surface area (Å²) in [7, 11) is 1.76. The zero-order valence-electron chi connectivity index (χ0n) is 10.5. The number of anilines is 1. The van der Waals surface area contributed by atoms with Crippen LogP contribution in [0.25, 0.3) is 11.4 Å². The molecule has 3 rings (SSSR count). The first-order valence-corrected chi connectivity index (χ1v) is 6.02. The monoisotopic (exact) mass is 258 g/mol. The minimum Gasteiger partial charge on any atom is -0.324 e. The summed E-state index contributed by atoms with van der Waals surface area (Å²) < 4.78 is 1.58. The van der Waals surface area contributed by atoms with Crippen molar-refractivity contribution in [3.63, 3.8) is 0 Å². The van der Waals surface area contributed by atoms with Gasteiger partial charge in [0.2, 0.25) is 5.91 Å². The van der Waals surface area contributed by atoms with Gasteiger partial charge < -0.3 is 11.1 Å². The number of nitrogens with one attached hydrogen (secondary N) is 1. The topological polar surface area (TPSA) is 98.7 Å². The minimum atomic E-state index is -0.678. The highest BCUT2D eigenvalue weighted by atomic mass is 16.2. The molecule has 2 aromatic rings. The van der Waals surface area contributed by atoms with Crippen molar-refractivity contribution in [3.8, 4) is 11.4 Å². The average Bonchev–Trinajstić information content (AvgIpc) is 3.00. The van der Waals surface area contributed by atoms with E-state index in [1.165, 1.54) is 0 Å². The van der Waals surface area contributed by atoms with Gasteiger partial charge in [-0.3, -0.25) is 4.79 Å². The largest absolute Gasteiger partial charge is 0.324 e. The second-order valence-electron chi connectivity index (χ2n) is 4.82. The Kier molecular flexibility index (Phi) is 2.56. The fourth-order valence-corrected chi connectivity index (χ4v) is 1.83. The molecule has 1 aliphatic carbocycles. The highest BCUT2D eigenvalue weighted by Crippen LogP contribution is 2.33. The van der Waals surface area contributed by atoms with Crippen molar-refractivity contribution in [2.24, 2.45) is 12.8 Å². The highest BCUT2D eigenvalue weighted by Gasteiger charge is 2.45. The van der Waals surface area contributed by atoms with E-state index in [1.807, 2.05) is 24.3 Å². The summed E-state index contributed by atoms with van der Waals surface area (Å²) >= 11 is 0. The van der Waals surface area contributed by atoms with Gasteiger partial charge in [0.1, 0.15) is 0 Å². The van der Waals surface area contributed by atoms with E-state index in [4.69, 9.17) is 5.73 Å². The molecule has 19 heavy (non-hydrogen) atoms. The van der Waals surface area contributed by atoms with Gasteiger partial charge >= 0.3 is 0 Å². The van der Waals surface area contributed by atoms with Gasteiger partial charge in [-0.15, -0.1) is 5.10 Å². The van der Waals surface area contributed by atoms with Crippen LogP contribution in [-0.2, 0) is 11.8 Å². The molecule has 1 heterocycles.